The largest absolute Gasteiger partial charge is 0.399 e. The van der Waals surface area contributed by atoms with E-state index in [0.717, 1.165) is 35.7 Å². The lowest BCUT2D eigenvalue weighted by molar-refractivity contribution is 0.280. The summed E-state index contributed by atoms with van der Waals surface area (Å²) in [6, 6.07) is 7.67. The molecule has 4 nitrogen and oxygen atoms in total. The van der Waals surface area contributed by atoms with E-state index in [1.165, 1.54) is 0 Å². The van der Waals surface area contributed by atoms with Gasteiger partial charge in [-0.25, -0.2) is 4.98 Å². The van der Waals surface area contributed by atoms with Crippen molar-refractivity contribution in [1.82, 2.24) is 9.55 Å². The SMILES string of the molecule is Cc1cn(CCCO)c(-c2ccc(N)cc2)n1. The fraction of sp³-hybridized carbons (Fsp3) is 0.308. The summed E-state index contributed by atoms with van der Waals surface area (Å²) in [5, 5.41) is 8.88. The number of nitrogens with two attached hydrogens (primary N) is 1. The Bertz CT molecular complexity index is 488. The molecule has 2 aromatic rings. The molecular weight excluding hydrogens is 214 g/mol. The van der Waals surface area contributed by atoms with E-state index < -0.39 is 0 Å². The van der Waals surface area contributed by atoms with Gasteiger partial charge in [0.2, 0.25) is 0 Å². The van der Waals surface area contributed by atoms with E-state index in [-0.39, 0.29) is 6.61 Å². The van der Waals surface area contributed by atoms with Crippen LogP contribution in [0.1, 0.15) is 12.1 Å². The average molecular weight is 231 g/mol. The maximum atomic E-state index is 8.88. The number of nitrogen functional groups attached to an aromatic ring is 1. The smallest absolute Gasteiger partial charge is 0.140 e. The standard InChI is InChI=1S/C13H17N3O/c1-10-9-16(7-2-8-17)13(15-10)11-3-5-12(14)6-4-11/h3-6,9,17H,2,7-8,14H2,1H3. The molecule has 4 heteroatoms. The van der Waals surface area contributed by atoms with E-state index in [1.807, 2.05) is 37.4 Å². The summed E-state index contributed by atoms with van der Waals surface area (Å²) in [5.41, 5.74) is 8.44. The maximum Gasteiger partial charge on any atom is 0.140 e. The van der Waals surface area contributed by atoms with E-state index in [0.29, 0.717) is 0 Å². The minimum absolute atomic E-state index is 0.193. The molecule has 2 rings (SSSR count). The molecule has 0 bridgehead atoms. The van der Waals surface area contributed by atoms with Gasteiger partial charge in [-0.3, -0.25) is 0 Å². The van der Waals surface area contributed by atoms with Gasteiger partial charge in [0.1, 0.15) is 5.82 Å². The maximum absolute atomic E-state index is 8.88. The molecule has 0 saturated heterocycles. The number of benzene rings is 1. The van der Waals surface area contributed by atoms with E-state index >= 15 is 0 Å². The molecule has 0 fully saturated rings. The lowest BCUT2D eigenvalue weighted by atomic mass is 10.2. The van der Waals surface area contributed by atoms with Gasteiger partial charge in [-0.15, -0.1) is 0 Å². The zero-order chi connectivity index (χ0) is 12.3. The van der Waals surface area contributed by atoms with Crippen LogP contribution in [0, 0.1) is 6.92 Å². The van der Waals surface area contributed by atoms with Gasteiger partial charge < -0.3 is 15.4 Å². The molecule has 0 amide bonds. The van der Waals surface area contributed by atoms with Crippen LogP contribution in [-0.4, -0.2) is 21.3 Å². The van der Waals surface area contributed by atoms with Crippen LogP contribution >= 0.6 is 0 Å². The first-order valence-corrected chi connectivity index (χ1v) is 5.71. The number of aliphatic hydroxyl groups is 1. The first-order valence-electron chi connectivity index (χ1n) is 5.71. The van der Waals surface area contributed by atoms with Crippen molar-refractivity contribution in [2.45, 2.75) is 19.9 Å². The molecule has 0 spiro atoms. The molecule has 1 aromatic heterocycles. The molecule has 1 aromatic carbocycles. The summed E-state index contributed by atoms with van der Waals surface area (Å²) in [6.07, 6.45) is 2.74. The highest BCUT2D eigenvalue weighted by Gasteiger charge is 2.07. The first-order chi connectivity index (χ1) is 8.20. The Labute approximate surface area is 101 Å². The van der Waals surface area contributed by atoms with Crippen LogP contribution < -0.4 is 5.73 Å². The Morgan fingerprint density at radius 3 is 2.65 bits per heavy atom. The number of aryl methyl sites for hydroxylation is 2. The quantitative estimate of drug-likeness (QED) is 0.789. The molecular formula is C13H17N3O. The highest BCUT2D eigenvalue weighted by molar-refractivity contribution is 5.59. The third-order valence-electron chi connectivity index (χ3n) is 2.62. The van der Waals surface area contributed by atoms with Crippen LogP contribution in [0.3, 0.4) is 0 Å². The fourth-order valence-electron chi connectivity index (χ4n) is 1.82. The van der Waals surface area contributed by atoms with Crippen LogP contribution in [0.4, 0.5) is 5.69 Å². The summed E-state index contributed by atoms with van der Waals surface area (Å²) in [4.78, 5) is 4.50. The van der Waals surface area contributed by atoms with Crippen molar-refractivity contribution >= 4 is 5.69 Å². The highest BCUT2D eigenvalue weighted by Crippen LogP contribution is 2.20. The minimum atomic E-state index is 0.193. The third-order valence-corrected chi connectivity index (χ3v) is 2.62. The van der Waals surface area contributed by atoms with E-state index in [1.54, 1.807) is 0 Å². The summed E-state index contributed by atoms with van der Waals surface area (Å²) in [6.45, 7) is 2.94. The number of nitrogens with zero attached hydrogens (tertiary/aromatic N) is 2. The van der Waals surface area contributed by atoms with Crippen LogP contribution in [0.15, 0.2) is 30.5 Å². The van der Waals surface area contributed by atoms with E-state index in [2.05, 4.69) is 9.55 Å². The van der Waals surface area contributed by atoms with Gasteiger partial charge in [-0.05, 0) is 37.6 Å². The number of hydrogen-bond acceptors (Lipinski definition) is 3. The molecule has 0 aliphatic carbocycles. The van der Waals surface area contributed by atoms with Crippen LogP contribution in [0.25, 0.3) is 11.4 Å². The number of hydrogen-bond donors (Lipinski definition) is 2. The van der Waals surface area contributed by atoms with Crippen molar-refractivity contribution in [3.05, 3.63) is 36.2 Å². The van der Waals surface area contributed by atoms with Gasteiger partial charge in [0, 0.05) is 30.6 Å². The molecule has 0 unspecified atom stereocenters. The first kappa shape index (κ1) is 11.7. The Morgan fingerprint density at radius 2 is 2.00 bits per heavy atom. The second kappa shape index (κ2) is 5.01. The Hall–Kier alpha value is -1.81. The van der Waals surface area contributed by atoms with E-state index in [4.69, 9.17) is 10.8 Å². The summed E-state index contributed by atoms with van der Waals surface area (Å²) in [7, 11) is 0. The number of anilines is 1. The molecule has 3 N–H and O–H groups in total. The number of rotatable bonds is 4. The highest BCUT2D eigenvalue weighted by atomic mass is 16.3. The molecule has 0 aliphatic heterocycles. The van der Waals surface area contributed by atoms with Gasteiger partial charge >= 0.3 is 0 Å². The van der Waals surface area contributed by atoms with E-state index in [9.17, 15) is 0 Å². The Kier molecular flexibility index (Phi) is 3.44. The zero-order valence-corrected chi connectivity index (χ0v) is 9.93. The van der Waals surface area contributed by atoms with Gasteiger partial charge in [0.25, 0.3) is 0 Å². The van der Waals surface area contributed by atoms with Crippen LogP contribution in [-0.2, 0) is 6.54 Å². The fourth-order valence-corrected chi connectivity index (χ4v) is 1.82. The molecule has 90 valence electrons. The zero-order valence-electron chi connectivity index (χ0n) is 9.93. The van der Waals surface area contributed by atoms with Gasteiger partial charge in [-0.1, -0.05) is 0 Å². The molecule has 0 aliphatic rings. The van der Waals surface area contributed by atoms with Crippen LogP contribution in [0.5, 0.6) is 0 Å². The summed E-state index contributed by atoms with van der Waals surface area (Å²) in [5.74, 6) is 0.927. The second-order valence-electron chi connectivity index (χ2n) is 4.10. The van der Waals surface area contributed by atoms with Crippen molar-refractivity contribution < 1.29 is 5.11 Å². The lowest BCUT2D eigenvalue weighted by Gasteiger charge is -2.06. The molecule has 0 saturated carbocycles. The predicted octanol–water partition coefficient (Wildman–Crippen LogP) is 1.82. The van der Waals surface area contributed by atoms with Crippen molar-refractivity contribution in [2.24, 2.45) is 0 Å². The summed E-state index contributed by atoms with van der Waals surface area (Å²) < 4.78 is 2.07. The normalized spacial score (nSPS) is 10.7. The Balaban J connectivity index is 2.33. The van der Waals surface area contributed by atoms with Crippen molar-refractivity contribution in [1.29, 1.82) is 0 Å². The average Bonchev–Trinajstić information content (AvgIpc) is 2.69. The van der Waals surface area contributed by atoms with Crippen molar-refractivity contribution in [3.63, 3.8) is 0 Å². The topological polar surface area (TPSA) is 64.1 Å². The van der Waals surface area contributed by atoms with Gasteiger partial charge in [-0.2, -0.15) is 0 Å². The van der Waals surface area contributed by atoms with Crippen LogP contribution in [0.2, 0.25) is 0 Å². The van der Waals surface area contributed by atoms with Gasteiger partial charge in [0.05, 0.1) is 5.69 Å². The minimum Gasteiger partial charge on any atom is -0.399 e. The number of imidazole rings is 1. The van der Waals surface area contributed by atoms with Crippen molar-refractivity contribution in [3.8, 4) is 11.4 Å². The molecule has 0 radical (unpaired) electrons. The third kappa shape index (κ3) is 2.65. The summed E-state index contributed by atoms with van der Waals surface area (Å²) >= 11 is 0. The monoisotopic (exact) mass is 231 g/mol. The molecule has 1 heterocycles. The number of aromatic nitrogens is 2. The van der Waals surface area contributed by atoms with Gasteiger partial charge in [0.15, 0.2) is 0 Å². The lowest BCUT2D eigenvalue weighted by Crippen LogP contribution is -2.01. The molecule has 0 atom stereocenters. The molecule has 17 heavy (non-hydrogen) atoms. The van der Waals surface area contributed by atoms with Crippen molar-refractivity contribution in [2.75, 3.05) is 12.3 Å². The second-order valence-corrected chi connectivity index (χ2v) is 4.10. The Morgan fingerprint density at radius 1 is 1.29 bits per heavy atom. The number of aliphatic hydroxyl groups excluding tert-OH is 1. The predicted molar refractivity (Wildman–Crippen MR) is 68.5 cm³/mol.